The van der Waals surface area contributed by atoms with Gasteiger partial charge in [0.2, 0.25) is 17.8 Å². The number of carbonyl (C=O) groups is 3. The number of carbonyl (C=O) groups excluding carboxylic acids is 3. The maximum Gasteiger partial charge on any atom is 0.293 e. The number of methoxy groups -OCH3 is 1. The van der Waals surface area contributed by atoms with Gasteiger partial charge in [0.05, 0.1) is 17.5 Å². The maximum absolute atomic E-state index is 13.1. The minimum atomic E-state index is -0.777. The Kier molecular flexibility index (Phi) is 9.95. The molecule has 0 fully saturated rings. The smallest absolute Gasteiger partial charge is 0.293 e. The molecule has 0 bridgehead atoms. The third-order valence-corrected chi connectivity index (χ3v) is 5.81. The van der Waals surface area contributed by atoms with Crippen LogP contribution in [0.2, 0.25) is 0 Å². The van der Waals surface area contributed by atoms with Crippen molar-refractivity contribution in [3.63, 3.8) is 0 Å². The summed E-state index contributed by atoms with van der Waals surface area (Å²) in [5.41, 5.74) is 17.8. The lowest BCUT2D eigenvalue weighted by Crippen LogP contribution is -2.24. The van der Waals surface area contributed by atoms with E-state index in [0.717, 1.165) is 6.07 Å². The molecule has 0 saturated carbocycles. The maximum atomic E-state index is 13.1. The zero-order chi connectivity index (χ0) is 31.0. The zero-order valence-corrected chi connectivity index (χ0v) is 23.2. The predicted molar refractivity (Wildman–Crippen MR) is 159 cm³/mol. The Morgan fingerprint density at radius 3 is 2.43 bits per heavy atom. The molecule has 8 N–H and O–H groups in total. The van der Waals surface area contributed by atoms with Crippen LogP contribution in [0, 0.1) is 10.1 Å². The number of anilines is 2. The van der Waals surface area contributed by atoms with Crippen molar-refractivity contribution in [1.82, 2.24) is 9.55 Å². The van der Waals surface area contributed by atoms with E-state index < -0.39 is 22.6 Å². The molecule has 0 aliphatic rings. The monoisotopic (exact) mass is 577 g/mol. The van der Waals surface area contributed by atoms with Crippen LogP contribution in [0.3, 0.4) is 0 Å². The van der Waals surface area contributed by atoms with Gasteiger partial charge in [-0.1, -0.05) is 12.2 Å². The number of benzene rings is 2. The van der Waals surface area contributed by atoms with Crippen molar-refractivity contribution in [2.24, 2.45) is 22.2 Å². The molecule has 0 unspecified atom stereocenters. The lowest BCUT2D eigenvalue weighted by Gasteiger charge is -2.11. The number of allylic oxidation sites excluding steroid dienone is 2. The van der Waals surface area contributed by atoms with E-state index >= 15 is 0 Å². The fourth-order valence-electron chi connectivity index (χ4n) is 3.95. The molecule has 15 nitrogen and oxygen atoms in total. The summed E-state index contributed by atoms with van der Waals surface area (Å²) < 4.78 is 7.15. The van der Waals surface area contributed by atoms with Crippen molar-refractivity contribution in [1.29, 1.82) is 0 Å². The first-order chi connectivity index (χ1) is 20.0. The largest absolute Gasteiger partial charge is 0.494 e. The molecule has 0 atom stereocenters. The summed E-state index contributed by atoms with van der Waals surface area (Å²) in [4.78, 5) is 55.9. The summed E-state index contributed by atoms with van der Waals surface area (Å²) in [6.07, 6.45) is 4.88. The van der Waals surface area contributed by atoms with Crippen LogP contribution < -0.4 is 32.6 Å². The van der Waals surface area contributed by atoms with Crippen molar-refractivity contribution >= 4 is 51.8 Å². The molecular formula is C27H31N9O6. The summed E-state index contributed by atoms with van der Waals surface area (Å²) in [5, 5.41) is 17.1. The van der Waals surface area contributed by atoms with Crippen molar-refractivity contribution in [2.45, 2.75) is 20.4 Å². The second kappa shape index (κ2) is 13.6. The van der Waals surface area contributed by atoms with Crippen LogP contribution >= 0.6 is 0 Å². The van der Waals surface area contributed by atoms with E-state index in [0.29, 0.717) is 29.0 Å². The van der Waals surface area contributed by atoms with E-state index in [1.54, 1.807) is 30.6 Å². The summed E-state index contributed by atoms with van der Waals surface area (Å²) >= 11 is 0. The fourth-order valence-corrected chi connectivity index (χ4v) is 3.95. The lowest BCUT2D eigenvalue weighted by atomic mass is 10.1. The summed E-state index contributed by atoms with van der Waals surface area (Å²) in [6, 6.07) is 6.84. The highest BCUT2D eigenvalue weighted by molar-refractivity contribution is 6.47. The molecule has 42 heavy (non-hydrogen) atoms. The van der Waals surface area contributed by atoms with E-state index in [1.165, 1.54) is 37.5 Å². The van der Waals surface area contributed by atoms with E-state index in [1.807, 2.05) is 0 Å². The Morgan fingerprint density at radius 2 is 1.83 bits per heavy atom. The van der Waals surface area contributed by atoms with Gasteiger partial charge in [0.15, 0.2) is 0 Å². The summed E-state index contributed by atoms with van der Waals surface area (Å²) in [5.74, 6) is -1.58. The van der Waals surface area contributed by atoms with Crippen LogP contribution in [0.4, 0.5) is 17.3 Å². The Hall–Kier alpha value is -5.73. The van der Waals surface area contributed by atoms with Crippen LogP contribution in [-0.2, 0) is 11.3 Å². The number of nitrogens with zero attached hydrogens (tertiary/aromatic N) is 4. The minimum Gasteiger partial charge on any atom is -0.494 e. The lowest BCUT2D eigenvalue weighted by molar-refractivity contribution is -0.384. The highest BCUT2D eigenvalue weighted by Crippen LogP contribution is 2.31. The molecular weight excluding hydrogens is 546 g/mol. The summed E-state index contributed by atoms with van der Waals surface area (Å²) in [6.45, 7) is 4.11. The number of nitro benzene ring substituents is 1. The number of nitrogens with one attached hydrogen (secondary N) is 2. The van der Waals surface area contributed by atoms with Gasteiger partial charge in [-0.3, -0.25) is 34.8 Å². The van der Waals surface area contributed by atoms with Crippen LogP contribution in [0.5, 0.6) is 5.75 Å². The first-order valence-electron chi connectivity index (χ1n) is 12.6. The van der Waals surface area contributed by atoms with Crippen LogP contribution in [0.15, 0.2) is 59.2 Å². The number of fused-ring (bicyclic) bond motifs is 1. The van der Waals surface area contributed by atoms with Gasteiger partial charge in [0, 0.05) is 42.5 Å². The first-order valence-corrected chi connectivity index (χ1v) is 12.6. The molecule has 15 heteroatoms. The standard InChI is InChI=1S/C27H31N9O6/c1-4-31-20(11-15(2)28)26(39)34-27-33-19-12-17(25(30)38)14-22(42-3)23(19)35(27)10-6-5-9-32-18-8-7-16(24(29)37)13-21(18)36(40)41/h5-8,11-14,32H,4,9-10,28H2,1-3H3,(H2,29,37)(H2,30,38)(H,33,34,39)/b6-5+,15-11-,31-20?. The zero-order valence-electron chi connectivity index (χ0n) is 23.2. The Bertz CT molecular complexity index is 1630. The SMILES string of the molecule is CCN=C(/C=C(/C)N)C(=O)Nc1nc2cc(C(N)=O)cc(OC)c2n1C/C=C/CNc1ccc(C(N)=O)cc1[N+](=O)[O-]. The van der Waals surface area contributed by atoms with Crippen LogP contribution in [0.1, 0.15) is 34.6 Å². The molecule has 0 aliphatic carbocycles. The van der Waals surface area contributed by atoms with Gasteiger partial charge in [0.25, 0.3) is 11.6 Å². The molecule has 2 aromatic carbocycles. The van der Waals surface area contributed by atoms with E-state index in [-0.39, 0.29) is 47.3 Å². The van der Waals surface area contributed by atoms with Gasteiger partial charge >= 0.3 is 0 Å². The quantitative estimate of drug-likeness (QED) is 0.0863. The number of hydrogen-bond acceptors (Lipinski definition) is 10. The molecule has 0 radical (unpaired) electrons. The number of aromatic nitrogens is 2. The summed E-state index contributed by atoms with van der Waals surface area (Å²) in [7, 11) is 1.42. The Morgan fingerprint density at radius 1 is 1.12 bits per heavy atom. The second-order valence-electron chi connectivity index (χ2n) is 8.86. The fraction of sp³-hybridized carbons (Fsp3) is 0.222. The molecule has 3 amide bonds. The average molecular weight is 578 g/mol. The van der Waals surface area contributed by atoms with E-state index in [4.69, 9.17) is 21.9 Å². The normalized spacial score (nSPS) is 12.0. The highest BCUT2D eigenvalue weighted by atomic mass is 16.6. The van der Waals surface area contributed by atoms with Gasteiger partial charge in [-0.2, -0.15) is 0 Å². The Labute approximate surface area is 240 Å². The number of primary amides is 2. The number of rotatable bonds is 13. The van der Waals surface area contributed by atoms with Crippen molar-refractivity contribution in [3.05, 3.63) is 75.5 Å². The van der Waals surface area contributed by atoms with Gasteiger partial charge in [0.1, 0.15) is 22.7 Å². The number of nitro groups is 1. The molecule has 0 saturated heterocycles. The van der Waals surface area contributed by atoms with Gasteiger partial charge in [-0.05, 0) is 44.2 Å². The number of hydrogen-bond donors (Lipinski definition) is 5. The molecule has 3 rings (SSSR count). The predicted octanol–water partition coefficient (Wildman–Crippen LogP) is 2.08. The molecule has 3 aromatic rings. The highest BCUT2D eigenvalue weighted by Gasteiger charge is 2.20. The molecule has 220 valence electrons. The molecule has 0 aliphatic heterocycles. The van der Waals surface area contributed by atoms with E-state index in [9.17, 15) is 24.5 Å². The minimum absolute atomic E-state index is 0.0158. The molecule has 0 spiro atoms. The Balaban J connectivity index is 1.94. The van der Waals surface area contributed by atoms with Crippen molar-refractivity contribution < 1.29 is 24.0 Å². The van der Waals surface area contributed by atoms with Crippen LogP contribution in [0.25, 0.3) is 11.0 Å². The van der Waals surface area contributed by atoms with Gasteiger partial charge in [-0.25, -0.2) is 4.98 Å². The average Bonchev–Trinajstić information content (AvgIpc) is 3.28. The topological polar surface area (TPSA) is 236 Å². The molecule has 1 aromatic heterocycles. The van der Waals surface area contributed by atoms with Gasteiger partial charge < -0.3 is 31.8 Å². The molecule has 1 heterocycles. The third kappa shape index (κ3) is 7.26. The number of aliphatic imine (C=N–C) groups is 1. The third-order valence-electron chi connectivity index (χ3n) is 5.81. The number of nitrogens with two attached hydrogens (primary N) is 3. The van der Waals surface area contributed by atoms with Crippen molar-refractivity contribution in [3.8, 4) is 5.75 Å². The van der Waals surface area contributed by atoms with Crippen molar-refractivity contribution in [2.75, 3.05) is 30.8 Å². The van der Waals surface area contributed by atoms with Gasteiger partial charge in [-0.15, -0.1) is 0 Å². The number of amides is 3. The first kappa shape index (κ1) is 30.8. The van der Waals surface area contributed by atoms with Crippen LogP contribution in [-0.4, -0.2) is 58.1 Å². The second-order valence-corrected chi connectivity index (χ2v) is 8.86. The van der Waals surface area contributed by atoms with E-state index in [2.05, 4.69) is 20.6 Å². The number of imidazole rings is 1. The number of ether oxygens (including phenoxy) is 1.